The molecular formula is C24H39N3O3S. The van der Waals surface area contributed by atoms with Gasteiger partial charge in [0.25, 0.3) is 0 Å². The van der Waals surface area contributed by atoms with E-state index in [4.69, 9.17) is 0 Å². The number of carbonyl (C=O) groups excluding carboxylic acids is 1. The van der Waals surface area contributed by atoms with Crippen LogP contribution in [0.2, 0.25) is 0 Å². The smallest absolute Gasteiger partial charge is 0.307 e. The molecule has 1 aromatic carbocycles. The summed E-state index contributed by atoms with van der Waals surface area (Å²) in [4.78, 5) is 15.0. The molecule has 0 saturated carbocycles. The highest BCUT2D eigenvalue weighted by molar-refractivity contribution is 7.90. The highest BCUT2D eigenvalue weighted by atomic mass is 32.2. The van der Waals surface area contributed by atoms with Gasteiger partial charge in [0.15, 0.2) is 0 Å². The van der Waals surface area contributed by atoms with Crippen LogP contribution in [0.5, 0.6) is 0 Å². The summed E-state index contributed by atoms with van der Waals surface area (Å²) in [6, 6.07) is 1.66. The van der Waals surface area contributed by atoms with Gasteiger partial charge in [-0.05, 0) is 92.1 Å². The average molecular weight is 450 g/mol. The predicted molar refractivity (Wildman–Crippen MR) is 127 cm³/mol. The van der Waals surface area contributed by atoms with Crippen LogP contribution in [0.4, 0.5) is 10.5 Å². The van der Waals surface area contributed by atoms with Crippen molar-refractivity contribution in [3.05, 3.63) is 28.3 Å². The van der Waals surface area contributed by atoms with E-state index in [0.717, 1.165) is 70.1 Å². The first kappa shape index (κ1) is 24.1. The Morgan fingerprint density at radius 3 is 2.06 bits per heavy atom. The molecule has 6 nitrogen and oxygen atoms in total. The monoisotopic (exact) mass is 449 g/mol. The molecular weight excluding hydrogens is 410 g/mol. The van der Waals surface area contributed by atoms with Crippen molar-refractivity contribution < 1.29 is 13.2 Å². The van der Waals surface area contributed by atoms with Gasteiger partial charge in [0.05, 0.1) is 5.75 Å². The van der Waals surface area contributed by atoms with Crippen molar-refractivity contribution >= 4 is 21.7 Å². The number of hydrogen-bond acceptors (Lipinski definition) is 4. The zero-order chi connectivity index (χ0) is 22.6. The Balaban J connectivity index is 1.67. The fourth-order valence-corrected chi connectivity index (χ4v) is 6.88. The topological polar surface area (TPSA) is 78.5 Å². The van der Waals surface area contributed by atoms with Gasteiger partial charge in [0.2, 0.25) is 10.0 Å². The van der Waals surface area contributed by atoms with Crippen LogP contribution in [0, 0.1) is 5.41 Å². The summed E-state index contributed by atoms with van der Waals surface area (Å²) in [5, 5.41) is 2.93. The van der Waals surface area contributed by atoms with Gasteiger partial charge < -0.3 is 10.2 Å². The van der Waals surface area contributed by atoms with E-state index in [1.165, 1.54) is 22.3 Å². The van der Waals surface area contributed by atoms with Gasteiger partial charge in [-0.15, -0.1) is 0 Å². The number of aryl methyl sites for hydroxylation is 2. The fourth-order valence-electron chi connectivity index (χ4n) is 5.35. The van der Waals surface area contributed by atoms with Gasteiger partial charge in [0, 0.05) is 12.2 Å². The van der Waals surface area contributed by atoms with Crippen molar-refractivity contribution in [2.75, 3.05) is 30.7 Å². The van der Waals surface area contributed by atoms with Crippen molar-refractivity contribution in [1.82, 2.24) is 9.62 Å². The maximum Gasteiger partial charge on any atom is 0.332 e. The molecule has 0 spiro atoms. The molecule has 0 heterocycles. The first-order valence-corrected chi connectivity index (χ1v) is 13.5. The second-order valence-electron chi connectivity index (χ2n) is 9.99. The van der Waals surface area contributed by atoms with Gasteiger partial charge in [0.1, 0.15) is 0 Å². The lowest BCUT2D eigenvalue weighted by atomic mass is 9.95. The third kappa shape index (κ3) is 6.22. The average Bonchev–Trinajstić information content (AvgIpc) is 3.28. The van der Waals surface area contributed by atoms with E-state index in [9.17, 15) is 13.2 Å². The van der Waals surface area contributed by atoms with Crippen molar-refractivity contribution in [2.24, 2.45) is 5.41 Å². The number of sulfonamides is 1. The second kappa shape index (κ2) is 9.90. The number of anilines is 1. The van der Waals surface area contributed by atoms with Crippen LogP contribution >= 0.6 is 0 Å². The Bertz CT molecular complexity index is 871. The maximum atomic E-state index is 12.8. The van der Waals surface area contributed by atoms with Crippen LogP contribution in [-0.2, 0) is 35.7 Å². The van der Waals surface area contributed by atoms with Crippen LogP contribution in [-0.4, -0.2) is 44.7 Å². The zero-order valence-electron chi connectivity index (χ0n) is 19.6. The highest BCUT2D eigenvalue weighted by Gasteiger charge is 2.30. The molecule has 0 radical (unpaired) electrons. The standard InChI is InChI=1S/C24H39N3O3S/c1-5-13-27(14-6-2)16-24(3,4)17-31(29,30)26-23(28)25-22-20-11-7-9-18(20)15-19-10-8-12-21(19)22/h15H,5-14,16-17H2,1-4H3,(H2,25,26,28). The number of urea groups is 1. The minimum absolute atomic E-state index is 0.0810. The molecule has 3 rings (SSSR count). The molecule has 0 aliphatic heterocycles. The normalized spacial score (nSPS) is 15.8. The molecule has 2 N–H and O–H groups in total. The molecule has 174 valence electrons. The SMILES string of the molecule is CCCN(CCC)CC(C)(C)CS(=O)(=O)NC(=O)Nc1c2c(cc3c1CCC3)CCC2. The molecule has 2 aliphatic rings. The zero-order valence-corrected chi connectivity index (χ0v) is 20.5. The van der Waals surface area contributed by atoms with E-state index >= 15 is 0 Å². The number of carbonyl (C=O) groups is 1. The second-order valence-corrected chi connectivity index (χ2v) is 11.7. The van der Waals surface area contributed by atoms with Crippen molar-refractivity contribution in [1.29, 1.82) is 0 Å². The molecule has 1 aromatic rings. The molecule has 0 aromatic heterocycles. The van der Waals surface area contributed by atoms with Crippen molar-refractivity contribution in [3.63, 3.8) is 0 Å². The fraction of sp³-hybridized carbons (Fsp3) is 0.708. The van der Waals surface area contributed by atoms with Crippen LogP contribution < -0.4 is 10.0 Å². The minimum Gasteiger partial charge on any atom is -0.307 e. The Kier molecular flexibility index (Phi) is 7.68. The van der Waals surface area contributed by atoms with Crippen LogP contribution in [0.1, 0.15) is 75.6 Å². The number of amides is 2. The Morgan fingerprint density at radius 1 is 1.00 bits per heavy atom. The number of nitrogens with zero attached hydrogens (tertiary/aromatic N) is 1. The molecule has 0 atom stereocenters. The van der Waals surface area contributed by atoms with Crippen LogP contribution in [0.25, 0.3) is 0 Å². The Labute approximate surface area is 188 Å². The number of hydrogen-bond donors (Lipinski definition) is 2. The lowest BCUT2D eigenvalue weighted by Gasteiger charge is -2.32. The van der Waals surface area contributed by atoms with E-state index in [2.05, 4.69) is 34.9 Å². The number of fused-ring (bicyclic) bond motifs is 2. The van der Waals surface area contributed by atoms with E-state index in [1.54, 1.807) is 0 Å². The van der Waals surface area contributed by atoms with Crippen LogP contribution in [0.15, 0.2) is 6.07 Å². The van der Waals surface area contributed by atoms with Gasteiger partial charge in [-0.3, -0.25) is 0 Å². The molecule has 7 heteroatoms. The summed E-state index contributed by atoms with van der Waals surface area (Å²) >= 11 is 0. The summed E-state index contributed by atoms with van der Waals surface area (Å²) in [6.45, 7) is 10.8. The number of nitrogens with one attached hydrogen (secondary N) is 2. The largest absolute Gasteiger partial charge is 0.332 e. The van der Waals surface area contributed by atoms with Gasteiger partial charge in [-0.25, -0.2) is 17.9 Å². The summed E-state index contributed by atoms with van der Waals surface area (Å²) in [6.07, 6.45) is 8.23. The molecule has 2 amide bonds. The van der Waals surface area contributed by atoms with E-state index in [1.807, 2.05) is 13.8 Å². The molecule has 0 saturated heterocycles. The summed E-state index contributed by atoms with van der Waals surface area (Å²) in [7, 11) is -3.75. The van der Waals surface area contributed by atoms with Crippen LogP contribution in [0.3, 0.4) is 0 Å². The van der Waals surface area contributed by atoms with Gasteiger partial charge in [-0.2, -0.15) is 0 Å². The van der Waals surface area contributed by atoms with Crippen molar-refractivity contribution in [2.45, 2.75) is 79.1 Å². The maximum absolute atomic E-state index is 12.8. The predicted octanol–water partition coefficient (Wildman–Crippen LogP) is 4.26. The van der Waals surface area contributed by atoms with Gasteiger partial charge >= 0.3 is 6.03 Å². The molecule has 0 bridgehead atoms. The van der Waals surface area contributed by atoms with Gasteiger partial charge in [-0.1, -0.05) is 33.8 Å². The molecule has 0 fully saturated rings. The summed E-state index contributed by atoms with van der Waals surface area (Å²) in [5.74, 6) is -0.0810. The highest BCUT2D eigenvalue weighted by Crippen LogP contribution is 2.38. The van der Waals surface area contributed by atoms with Crippen molar-refractivity contribution in [3.8, 4) is 0 Å². The third-order valence-corrected chi connectivity index (χ3v) is 7.93. The van der Waals surface area contributed by atoms with E-state index in [-0.39, 0.29) is 5.75 Å². The molecule has 31 heavy (non-hydrogen) atoms. The summed E-state index contributed by atoms with van der Waals surface area (Å²) in [5.41, 5.74) is 5.43. The number of rotatable bonds is 10. The molecule has 0 unspecified atom stereocenters. The Hall–Kier alpha value is -1.60. The van der Waals surface area contributed by atoms with E-state index in [0.29, 0.717) is 6.54 Å². The lowest BCUT2D eigenvalue weighted by molar-refractivity contribution is 0.193. The first-order valence-electron chi connectivity index (χ1n) is 11.8. The third-order valence-electron chi connectivity index (χ3n) is 6.27. The molecule has 2 aliphatic carbocycles. The quantitative estimate of drug-likeness (QED) is 0.559. The Morgan fingerprint density at radius 2 is 1.55 bits per heavy atom. The van der Waals surface area contributed by atoms with E-state index < -0.39 is 21.5 Å². The summed E-state index contributed by atoms with van der Waals surface area (Å²) < 4.78 is 27.9. The first-order chi connectivity index (χ1) is 14.6. The lowest BCUT2D eigenvalue weighted by Crippen LogP contribution is -2.44. The number of benzene rings is 1. The minimum atomic E-state index is -3.75.